The average molecular weight is 525 g/mol. The molecule has 1 atom stereocenters. The van der Waals surface area contributed by atoms with E-state index in [2.05, 4.69) is 24.5 Å². The first-order chi connectivity index (χ1) is 18.3. The van der Waals surface area contributed by atoms with Gasteiger partial charge in [-0.2, -0.15) is 0 Å². The van der Waals surface area contributed by atoms with Crippen molar-refractivity contribution in [3.8, 4) is 23.0 Å². The first-order valence-corrected chi connectivity index (χ1v) is 12.6. The van der Waals surface area contributed by atoms with Crippen LogP contribution >= 0.6 is 0 Å². The highest BCUT2D eigenvalue weighted by atomic mass is 16.6. The molecule has 0 radical (unpaired) electrons. The Hall–Kier alpha value is -3.82. The summed E-state index contributed by atoms with van der Waals surface area (Å²) >= 11 is 0. The van der Waals surface area contributed by atoms with Crippen LogP contribution in [0.25, 0.3) is 0 Å². The van der Waals surface area contributed by atoms with Gasteiger partial charge in [-0.1, -0.05) is 18.2 Å². The minimum Gasteiger partial charge on any atom is -0.493 e. The van der Waals surface area contributed by atoms with Crippen molar-refractivity contribution in [3.05, 3.63) is 81.9 Å². The number of nitro groups is 1. The molecule has 0 aliphatic heterocycles. The zero-order valence-corrected chi connectivity index (χ0v) is 22.9. The maximum atomic E-state index is 11.0. The van der Waals surface area contributed by atoms with Crippen molar-refractivity contribution in [1.29, 1.82) is 0 Å². The lowest BCUT2D eigenvalue weighted by Gasteiger charge is -2.35. The van der Waals surface area contributed by atoms with Crippen molar-refractivity contribution in [1.82, 2.24) is 9.80 Å². The van der Waals surface area contributed by atoms with Crippen LogP contribution in [0.15, 0.2) is 60.7 Å². The maximum Gasteiger partial charge on any atom is 0.269 e. The van der Waals surface area contributed by atoms with Crippen molar-refractivity contribution in [2.75, 3.05) is 55.1 Å². The second-order valence-corrected chi connectivity index (χ2v) is 9.28. The highest BCUT2D eigenvalue weighted by Gasteiger charge is 2.26. The molecule has 0 fully saturated rings. The van der Waals surface area contributed by atoms with E-state index in [4.69, 9.17) is 18.9 Å². The normalized spacial score (nSPS) is 12.4. The summed E-state index contributed by atoms with van der Waals surface area (Å²) in [4.78, 5) is 10.7. The van der Waals surface area contributed by atoms with Gasteiger partial charge in [-0.3, -0.25) is 14.6 Å². The van der Waals surface area contributed by atoms with Gasteiger partial charge in [0.05, 0.1) is 53.5 Å². The Bertz CT molecular complexity index is 1220. The minimum absolute atomic E-state index is 0.108. The molecular weight excluding hydrogens is 486 g/mol. The van der Waals surface area contributed by atoms with Gasteiger partial charge in [-0.25, -0.2) is 0 Å². The second-order valence-electron chi connectivity index (χ2n) is 9.28. The Morgan fingerprint density at radius 3 is 2.11 bits per heavy atom. The first kappa shape index (κ1) is 28.7. The molecule has 0 aromatic heterocycles. The number of methoxy groups -OCH3 is 4. The zero-order chi connectivity index (χ0) is 27.5. The van der Waals surface area contributed by atoms with Gasteiger partial charge in [0.25, 0.3) is 5.69 Å². The van der Waals surface area contributed by atoms with Crippen molar-refractivity contribution >= 4 is 11.4 Å². The third-order valence-electron chi connectivity index (χ3n) is 6.79. The van der Waals surface area contributed by atoms with Crippen LogP contribution in [0.3, 0.4) is 0 Å². The van der Waals surface area contributed by atoms with Crippen molar-refractivity contribution < 1.29 is 23.9 Å². The molecule has 0 heterocycles. The average Bonchev–Trinajstić information content (AvgIpc) is 2.95. The Balaban J connectivity index is 1.72. The minimum atomic E-state index is -0.367. The van der Waals surface area contributed by atoms with E-state index in [1.165, 1.54) is 6.07 Å². The van der Waals surface area contributed by atoms with E-state index in [1.54, 1.807) is 40.6 Å². The third-order valence-corrected chi connectivity index (χ3v) is 6.79. The molecule has 9 nitrogen and oxygen atoms in total. The van der Waals surface area contributed by atoms with Gasteiger partial charge in [0.1, 0.15) is 5.69 Å². The van der Waals surface area contributed by atoms with Crippen LogP contribution in [0.4, 0.5) is 11.4 Å². The molecule has 0 bridgehead atoms. The van der Waals surface area contributed by atoms with Gasteiger partial charge in [0.2, 0.25) is 0 Å². The summed E-state index contributed by atoms with van der Waals surface area (Å²) in [5.74, 6) is 2.82. The number of hydrogen-bond acceptors (Lipinski definition) is 7. The molecule has 3 aromatic carbocycles. The van der Waals surface area contributed by atoms with E-state index in [0.717, 1.165) is 55.0 Å². The molecule has 3 aromatic rings. The largest absolute Gasteiger partial charge is 0.493 e. The molecule has 0 spiro atoms. The fourth-order valence-corrected chi connectivity index (χ4v) is 4.51. The summed E-state index contributed by atoms with van der Waals surface area (Å²) in [7, 11) is 8.79. The molecule has 0 amide bonds. The molecule has 1 unspecified atom stereocenters. The lowest BCUT2D eigenvalue weighted by atomic mass is 10.1. The van der Waals surface area contributed by atoms with Crippen LogP contribution in [0.5, 0.6) is 23.0 Å². The topological polar surface area (TPSA) is 92.1 Å². The Kier molecular flexibility index (Phi) is 10.3. The maximum absolute atomic E-state index is 11.0. The lowest BCUT2D eigenvalue weighted by molar-refractivity contribution is -0.384. The fraction of sp³-hybridized carbons (Fsp3) is 0.379. The van der Waals surface area contributed by atoms with Crippen molar-refractivity contribution in [2.24, 2.45) is 0 Å². The van der Waals surface area contributed by atoms with Gasteiger partial charge in [0, 0.05) is 50.2 Å². The molecule has 38 heavy (non-hydrogen) atoms. The van der Waals surface area contributed by atoms with Crippen LogP contribution < -0.4 is 28.7 Å². The molecule has 1 N–H and O–H groups in total. The van der Waals surface area contributed by atoms with Gasteiger partial charge >= 0.3 is 0 Å². The molecule has 3 rings (SSSR count). The number of likely N-dealkylation sites (N-methyl/N-ethyl adjacent to an activating group) is 1. The number of nitrogens with one attached hydrogen (secondary N) is 1. The second kappa shape index (κ2) is 13.6. The third kappa shape index (κ3) is 7.36. The van der Waals surface area contributed by atoms with Gasteiger partial charge < -0.3 is 24.3 Å². The summed E-state index contributed by atoms with van der Waals surface area (Å²) in [5.41, 5.74) is 3.29. The molecule has 9 heteroatoms. The van der Waals surface area contributed by atoms with Gasteiger partial charge in [-0.05, 0) is 29.3 Å². The summed E-state index contributed by atoms with van der Waals surface area (Å²) < 4.78 is 22.6. The van der Waals surface area contributed by atoms with E-state index in [9.17, 15) is 10.1 Å². The molecule has 204 valence electrons. The SMILES string of the molecule is COc1ccc(CC[N+](C)(CCCNCc2cccc([N+](=O)[O-])c2)c2ccc(OC)c(OC)c2)cc1OC. The number of hydrogen-bond donors (Lipinski definition) is 1. The van der Waals surface area contributed by atoms with Crippen LogP contribution in [0.2, 0.25) is 0 Å². The number of quaternary nitrogens is 1. The number of nitro benzene ring substituents is 1. The predicted molar refractivity (Wildman–Crippen MR) is 150 cm³/mol. The van der Waals surface area contributed by atoms with Crippen LogP contribution in [-0.4, -0.2) is 60.0 Å². The van der Waals surface area contributed by atoms with Crippen molar-refractivity contribution in [2.45, 2.75) is 19.4 Å². The highest BCUT2D eigenvalue weighted by molar-refractivity contribution is 5.54. The van der Waals surface area contributed by atoms with E-state index in [-0.39, 0.29) is 10.6 Å². The predicted octanol–water partition coefficient (Wildman–Crippen LogP) is 4.99. The van der Waals surface area contributed by atoms with E-state index in [1.807, 2.05) is 30.3 Å². The van der Waals surface area contributed by atoms with E-state index >= 15 is 0 Å². The number of non-ortho nitro benzene ring substituents is 1. The summed E-state index contributed by atoms with van der Waals surface area (Å²) in [6, 6.07) is 18.8. The Labute approximate surface area is 224 Å². The number of benzene rings is 3. The van der Waals surface area contributed by atoms with Gasteiger partial charge in [0.15, 0.2) is 23.0 Å². The number of ether oxygens (including phenoxy) is 4. The van der Waals surface area contributed by atoms with E-state index < -0.39 is 0 Å². The summed E-state index contributed by atoms with van der Waals surface area (Å²) in [6.45, 7) is 3.09. The molecule has 0 aliphatic carbocycles. The highest BCUT2D eigenvalue weighted by Crippen LogP contribution is 2.34. The first-order valence-electron chi connectivity index (χ1n) is 12.6. The molecule has 0 aliphatic rings. The number of nitrogens with zero attached hydrogens (tertiary/aromatic N) is 2. The van der Waals surface area contributed by atoms with E-state index in [0.29, 0.717) is 28.3 Å². The summed E-state index contributed by atoms with van der Waals surface area (Å²) in [6.07, 6.45) is 1.75. The molecular formula is C29H38N3O6+. The monoisotopic (exact) mass is 524 g/mol. The van der Waals surface area contributed by atoms with Gasteiger partial charge in [-0.15, -0.1) is 0 Å². The summed E-state index contributed by atoms with van der Waals surface area (Å²) in [5, 5.41) is 14.5. The lowest BCUT2D eigenvalue weighted by Crippen LogP contribution is -2.48. The van der Waals surface area contributed by atoms with Crippen molar-refractivity contribution in [3.63, 3.8) is 0 Å². The molecule has 0 saturated heterocycles. The zero-order valence-electron chi connectivity index (χ0n) is 22.9. The molecule has 0 saturated carbocycles. The smallest absolute Gasteiger partial charge is 0.269 e. The van der Waals surface area contributed by atoms with Crippen LogP contribution in [-0.2, 0) is 13.0 Å². The Morgan fingerprint density at radius 1 is 0.789 bits per heavy atom. The van der Waals surface area contributed by atoms with Crippen LogP contribution in [0, 0.1) is 10.1 Å². The standard InChI is InChI=1S/C29H38N3O6/c1-32(25-11-13-27(36-3)29(20-25)38-5,17-14-22-10-12-26(35-2)28(19-22)37-4)16-7-15-30-21-23-8-6-9-24(18-23)31(33)34/h6,8-13,18-20,30H,7,14-17,21H2,1-5H3/q+1. The quantitative estimate of drug-likeness (QED) is 0.130. The fourth-order valence-electron chi connectivity index (χ4n) is 4.51. The van der Waals surface area contributed by atoms with Crippen LogP contribution in [0.1, 0.15) is 17.5 Å². The number of rotatable bonds is 15. The Morgan fingerprint density at radius 2 is 1.45 bits per heavy atom.